The maximum absolute atomic E-state index is 11.8. The molecule has 1 saturated heterocycles. The number of Topliss-reactive ketones (excluding diaryl/α,β-unsaturated/α-hetero) is 1. The van der Waals surface area contributed by atoms with E-state index in [0.717, 1.165) is 0 Å². The van der Waals surface area contributed by atoms with Crippen molar-refractivity contribution in [1.82, 2.24) is 5.32 Å². The summed E-state index contributed by atoms with van der Waals surface area (Å²) in [4.78, 5) is 22.8. The van der Waals surface area contributed by atoms with Crippen molar-refractivity contribution in [3.05, 3.63) is 0 Å². The van der Waals surface area contributed by atoms with Crippen LogP contribution in [0.1, 0.15) is 12.8 Å². The molecule has 0 unspecified atom stereocenters. The van der Waals surface area contributed by atoms with Crippen molar-refractivity contribution in [3.8, 4) is 0 Å². The molecule has 1 amide bonds. The van der Waals surface area contributed by atoms with E-state index in [9.17, 15) is 9.59 Å². The number of ketones is 1. The van der Waals surface area contributed by atoms with Gasteiger partial charge in [0.2, 0.25) is 0 Å². The molecule has 0 aromatic rings. The zero-order chi connectivity index (χ0) is 12.0. The number of methoxy groups -OCH3 is 1. The molecule has 1 aliphatic rings. The molecule has 0 saturated carbocycles. The Hall–Kier alpha value is -0.810. The van der Waals surface area contributed by atoms with Crippen LogP contribution in [0, 0.1) is 5.41 Å². The van der Waals surface area contributed by atoms with Crippen molar-refractivity contribution < 1.29 is 19.1 Å². The number of nitrogens with one attached hydrogen (secondary N) is 1. The lowest BCUT2D eigenvalue weighted by molar-refractivity contribution is -0.131. The monoisotopic (exact) mass is 249 g/mol. The molecule has 1 aliphatic heterocycles. The Kier molecular flexibility index (Phi) is 5.02. The van der Waals surface area contributed by atoms with E-state index in [1.165, 1.54) is 7.11 Å². The first kappa shape index (κ1) is 13.3. The number of carbonyl (C=O) groups is 2. The van der Waals surface area contributed by atoms with Gasteiger partial charge in [-0.3, -0.25) is 4.79 Å². The Balaban J connectivity index is 2.63. The summed E-state index contributed by atoms with van der Waals surface area (Å²) in [6.45, 7) is 1.30. The van der Waals surface area contributed by atoms with E-state index in [1.807, 2.05) is 0 Å². The largest absolute Gasteiger partial charge is 0.453 e. The van der Waals surface area contributed by atoms with Crippen LogP contribution in [0.4, 0.5) is 4.79 Å². The molecule has 0 aliphatic carbocycles. The smallest absolute Gasteiger partial charge is 0.406 e. The first-order valence-electron chi connectivity index (χ1n) is 5.13. The van der Waals surface area contributed by atoms with Gasteiger partial charge in [-0.2, -0.15) is 0 Å². The summed E-state index contributed by atoms with van der Waals surface area (Å²) in [6.07, 6.45) is 0.638. The minimum atomic E-state index is -0.589. The second-order valence-corrected chi connectivity index (χ2v) is 4.06. The molecule has 6 heteroatoms. The molecular weight excluding hydrogens is 234 g/mol. The molecule has 92 valence electrons. The van der Waals surface area contributed by atoms with Gasteiger partial charge in [0.15, 0.2) is 5.78 Å². The molecule has 1 fully saturated rings. The second kappa shape index (κ2) is 6.06. The number of hydrogen-bond acceptors (Lipinski definition) is 4. The van der Waals surface area contributed by atoms with Crippen LogP contribution in [0.25, 0.3) is 0 Å². The van der Waals surface area contributed by atoms with Crippen molar-refractivity contribution in [2.45, 2.75) is 12.8 Å². The van der Waals surface area contributed by atoms with Crippen molar-refractivity contribution in [2.24, 2.45) is 5.41 Å². The lowest BCUT2D eigenvalue weighted by atomic mass is 9.77. The summed E-state index contributed by atoms with van der Waals surface area (Å²) >= 11 is 5.59. The number of alkyl halides is 1. The van der Waals surface area contributed by atoms with Gasteiger partial charge < -0.3 is 14.8 Å². The Morgan fingerprint density at radius 3 is 2.56 bits per heavy atom. The van der Waals surface area contributed by atoms with Crippen LogP contribution in [-0.4, -0.2) is 44.6 Å². The van der Waals surface area contributed by atoms with Gasteiger partial charge in [-0.25, -0.2) is 4.79 Å². The van der Waals surface area contributed by atoms with Gasteiger partial charge in [-0.1, -0.05) is 0 Å². The van der Waals surface area contributed by atoms with Crippen molar-refractivity contribution >= 4 is 23.5 Å². The maximum atomic E-state index is 11.8. The lowest BCUT2D eigenvalue weighted by Gasteiger charge is -2.35. The number of ether oxygens (including phenoxy) is 2. The number of alkyl carbamates (subject to hydrolysis) is 1. The van der Waals surface area contributed by atoms with E-state index in [0.29, 0.717) is 26.1 Å². The van der Waals surface area contributed by atoms with Gasteiger partial charge >= 0.3 is 6.09 Å². The number of halogens is 1. The molecular formula is C10H16ClNO4. The zero-order valence-corrected chi connectivity index (χ0v) is 10.0. The number of amides is 1. The molecule has 0 spiro atoms. The minimum Gasteiger partial charge on any atom is -0.453 e. The molecule has 1 N–H and O–H groups in total. The summed E-state index contributed by atoms with van der Waals surface area (Å²) < 4.78 is 9.69. The highest BCUT2D eigenvalue weighted by molar-refractivity contribution is 6.28. The van der Waals surface area contributed by atoms with Crippen LogP contribution < -0.4 is 5.32 Å². The summed E-state index contributed by atoms with van der Waals surface area (Å²) in [5.74, 6) is -0.0862. The average molecular weight is 250 g/mol. The van der Waals surface area contributed by atoms with Gasteiger partial charge in [0.05, 0.1) is 18.4 Å². The van der Waals surface area contributed by atoms with Crippen LogP contribution in [-0.2, 0) is 14.3 Å². The SMILES string of the molecule is COC(=O)NCC1(C(=O)CCl)CCOCC1. The predicted octanol–water partition coefficient (Wildman–Crippen LogP) is 0.947. The normalized spacial score (nSPS) is 18.9. The van der Waals surface area contributed by atoms with Crippen LogP contribution >= 0.6 is 11.6 Å². The van der Waals surface area contributed by atoms with Gasteiger partial charge in [0.25, 0.3) is 0 Å². The van der Waals surface area contributed by atoms with Crippen molar-refractivity contribution in [1.29, 1.82) is 0 Å². The van der Waals surface area contributed by atoms with Crippen LogP contribution in [0.2, 0.25) is 0 Å². The third-order valence-electron chi connectivity index (χ3n) is 2.92. The van der Waals surface area contributed by atoms with Gasteiger partial charge in [0, 0.05) is 19.8 Å². The topological polar surface area (TPSA) is 64.6 Å². The highest BCUT2D eigenvalue weighted by Crippen LogP contribution is 2.31. The first-order valence-corrected chi connectivity index (χ1v) is 5.67. The number of carbonyl (C=O) groups excluding carboxylic acids is 2. The quantitative estimate of drug-likeness (QED) is 0.754. The summed E-state index contributed by atoms with van der Waals surface area (Å²) in [7, 11) is 1.29. The van der Waals surface area contributed by atoms with E-state index in [-0.39, 0.29) is 18.2 Å². The molecule has 0 bridgehead atoms. The van der Waals surface area contributed by atoms with E-state index >= 15 is 0 Å². The average Bonchev–Trinajstić information content (AvgIpc) is 2.36. The van der Waals surface area contributed by atoms with E-state index in [1.54, 1.807) is 0 Å². The van der Waals surface area contributed by atoms with Crippen LogP contribution in [0.5, 0.6) is 0 Å². The molecule has 0 atom stereocenters. The van der Waals surface area contributed by atoms with Crippen molar-refractivity contribution in [3.63, 3.8) is 0 Å². The molecule has 0 aromatic heterocycles. The lowest BCUT2D eigenvalue weighted by Crippen LogP contribution is -2.47. The molecule has 1 heterocycles. The summed E-state index contributed by atoms with van der Waals surface area (Å²) in [6, 6.07) is 0. The third kappa shape index (κ3) is 3.09. The van der Waals surface area contributed by atoms with E-state index < -0.39 is 11.5 Å². The Morgan fingerprint density at radius 2 is 2.06 bits per heavy atom. The highest BCUT2D eigenvalue weighted by Gasteiger charge is 2.39. The van der Waals surface area contributed by atoms with Crippen LogP contribution in [0.15, 0.2) is 0 Å². The highest BCUT2D eigenvalue weighted by atomic mass is 35.5. The standard InChI is InChI=1S/C10H16ClNO4/c1-15-9(14)12-7-10(8(13)6-11)2-4-16-5-3-10/h2-7H2,1H3,(H,12,14). The Bertz CT molecular complexity index is 264. The fraction of sp³-hybridized carbons (Fsp3) is 0.800. The number of rotatable bonds is 4. The Morgan fingerprint density at radius 1 is 1.44 bits per heavy atom. The predicted molar refractivity (Wildman–Crippen MR) is 58.6 cm³/mol. The molecule has 0 radical (unpaired) electrons. The first-order chi connectivity index (χ1) is 7.64. The van der Waals surface area contributed by atoms with E-state index in [2.05, 4.69) is 10.1 Å². The molecule has 1 rings (SSSR count). The van der Waals surface area contributed by atoms with Gasteiger partial charge in [-0.15, -0.1) is 11.6 Å². The summed E-state index contributed by atoms with van der Waals surface area (Å²) in [5, 5.41) is 2.56. The van der Waals surface area contributed by atoms with Crippen LogP contribution in [0.3, 0.4) is 0 Å². The minimum absolute atomic E-state index is 0.0388. The number of hydrogen-bond donors (Lipinski definition) is 1. The molecule has 16 heavy (non-hydrogen) atoms. The fourth-order valence-electron chi connectivity index (χ4n) is 1.77. The second-order valence-electron chi connectivity index (χ2n) is 3.79. The van der Waals surface area contributed by atoms with Gasteiger partial charge in [-0.05, 0) is 12.8 Å². The maximum Gasteiger partial charge on any atom is 0.406 e. The van der Waals surface area contributed by atoms with E-state index in [4.69, 9.17) is 16.3 Å². The Labute approximate surface area is 99.4 Å². The zero-order valence-electron chi connectivity index (χ0n) is 9.25. The van der Waals surface area contributed by atoms with Crippen molar-refractivity contribution in [2.75, 3.05) is 32.7 Å². The third-order valence-corrected chi connectivity index (χ3v) is 3.16. The van der Waals surface area contributed by atoms with Gasteiger partial charge in [0.1, 0.15) is 0 Å². The summed E-state index contributed by atoms with van der Waals surface area (Å²) in [5.41, 5.74) is -0.589. The molecule has 0 aromatic carbocycles. The fourth-order valence-corrected chi connectivity index (χ4v) is 2.06. The molecule has 5 nitrogen and oxygen atoms in total.